The molecule has 1 aromatic carbocycles. The number of benzene rings is 1. The van der Waals surface area contributed by atoms with Crippen molar-refractivity contribution in [2.45, 2.75) is 19.9 Å². The first-order chi connectivity index (χ1) is 7.79. The minimum atomic E-state index is 0.424. The van der Waals surface area contributed by atoms with Crippen molar-refractivity contribution in [3.63, 3.8) is 0 Å². The largest absolute Gasteiger partial charge is 0.303 e. The molecular formula is C13H14N2O. The number of rotatable bonds is 4. The van der Waals surface area contributed by atoms with Crippen molar-refractivity contribution in [3.05, 3.63) is 53.3 Å². The number of aromatic nitrogens is 2. The van der Waals surface area contributed by atoms with Crippen molar-refractivity contribution in [2.75, 3.05) is 0 Å². The molecule has 0 saturated heterocycles. The average molecular weight is 214 g/mol. The van der Waals surface area contributed by atoms with Crippen molar-refractivity contribution < 1.29 is 4.79 Å². The Morgan fingerprint density at radius 3 is 2.75 bits per heavy atom. The molecule has 0 aliphatic carbocycles. The molecule has 0 saturated carbocycles. The average Bonchev–Trinajstić information content (AvgIpc) is 2.61. The van der Waals surface area contributed by atoms with Crippen LogP contribution in [0, 0.1) is 6.92 Å². The van der Waals surface area contributed by atoms with Gasteiger partial charge in [-0.15, -0.1) is 0 Å². The van der Waals surface area contributed by atoms with Gasteiger partial charge in [0.05, 0.1) is 12.2 Å². The fourth-order valence-corrected chi connectivity index (χ4v) is 1.74. The minimum absolute atomic E-state index is 0.424. The molecule has 2 aromatic rings. The highest BCUT2D eigenvalue weighted by molar-refractivity contribution is 5.53. The van der Waals surface area contributed by atoms with E-state index in [1.807, 2.05) is 35.9 Å². The monoisotopic (exact) mass is 214 g/mol. The molecule has 2 rings (SSSR count). The van der Waals surface area contributed by atoms with Crippen LogP contribution in [0.25, 0.3) is 0 Å². The molecule has 0 unspecified atom stereocenters. The molecule has 16 heavy (non-hydrogen) atoms. The number of aldehydes is 1. The lowest BCUT2D eigenvalue weighted by atomic mass is 10.2. The van der Waals surface area contributed by atoms with Crippen LogP contribution in [0.3, 0.4) is 0 Å². The maximum atomic E-state index is 10.5. The van der Waals surface area contributed by atoms with Crippen LogP contribution >= 0.6 is 0 Å². The molecule has 0 aliphatic rings. The highest BCUT2D eigenvalue weighted by Gasteiger charge is 2.05. The van der Waals surface area contributed by atoms with Crippen LogP contribution in [0.5, 0.6) is 0 Å². The van der Waals surface area contributed by atoms with Crippen molar-refractivity contribution >= 4 is 6.29 Å². The zero-order valence-electron chi connectivity index (χ0n) is 9.26. The van der Waals surface area contributed by atoms with Crippen LogP contribution in [-0.4, -0.2) is 16.1 Å². The van der Waals surface area contributed by atoms with Gasteiger partial charge in [-0.25, -0.2) is 0 Å². The SMILES string of the molecule is Cc1cc(CC=O)n(Cc2ccccc2)n1. The van der Waals surface area contributed by atoms with Gasteiger partial charge in [-0.05, 0) is 18.6 Å². The van der Waals surface area contributed by atoms with Crippen LogP contribution in [0.1, 0.15) is 17.0 Å². The number of hydrogen-bond donors (Lipinski definition) is 0. The molecular weight excluding hydrogens is 200 g/mol. The van der Waals surface area contributed by atoms with Crippen LogP contribution in [0.2, 0.25) is 0 Å². The molecule has 0 bridgehead atoms. The Kier molecular flexibility index (Phi) is 3.15. The molecule has 0 N–H and O–H groups in total. The molecule has 3 nitrogen and oxygen atoms in total. The van der Waals surface area contributed by atoms with Gasteiger partial charge in [-0.3, -0.25) is 4.68 Å². The van der Waals surface area contributed by atoms with Gasteiger partial charge in [0.25, 0.3) is 0 Å². The maximum Gasteiger partial charge on any atom is 0.125 e. The van der Waals surface area contributed by atoms with E-state index in [4.69, 9.17) is 0 Å². The van der Waals surface area contributed by atoms with Crippen molar-refractivity contribution in [1.29, 1.82) is 0 Å². The van der Waals surface area contributed by atoms with E-state index in [1.54, 1.807) is 0 Å². The number of hydrogen-bond acceptors (Lipinski definition) is 2. The zero-order valence-corrected chi connectivity index (χ0v) is 9.26. The smallest absolute Gasteiger partial charge is 0.125 e. The first-order valence-electron chi connectivity index (χ1n) is 5.30. The Balaban J connectivity index is 2.23. The van der Waals surface area contributed by atoms with E-state index in [0.29, 0.717) is 6.42 Å². The molecule has 82 valence electrons. The van der Waals surface area contributed by atoms with Gasteiger partial charge in [-0.2, -0.15) is 5.10 Å². The lowest BCUT2D eigenvalue weighted by Gasteiger charge is -2.05. The van der Waals surface area contributed by atoms with E-state index < -0.39 is 0 Å². The highest BCUT2D eigenvalue weighted by atomic mass is 16.1. The highest BCUT2D eigenvalue weighted by Crippen LogP contribution is 2.08. The summed E-state index contributed by atoms with van der Waals surface area (Å²) in [4.78, 5) is 10.5. The minimum Gasteiger partial charge on any atom is -0.303 e. The Morgan fingerprint density at radius 1 is 1.31 bits per heavy atom. The Morgan fingerprint density at radius 2 is 2.06 bits per heavy atom. The van der Waals surface area contributed by atoms with Crippen LogP contribution in [0.4, 0.5) is 0 Å². The van der Waals surface area contributed by atoms with E-state index in [0.717, 1.165) is 24.2 Å². The molecule has 0 atom stereocenters. The molecule has 0 fully saturated rings. The maximum absolute atomic E-state index is 10.5. The predicted molar refractivity (Wildman–Crippen MR) is 62.3 cm³/mol. The Bertz CT molecular complexity index is 474. The van der Waals surface area contributed by atoms with E-state index in [-0.39, 0.29) is 0 Å². The summed E-state index contributed by atoms with van der Waals surface area (Å²) in [7, 11) is 0. The third-order valence-corrected chi connectivity index (χ3v) is 2.45. The third-order valence-electron chi connectivity index (χ3n) is 2.45. The molecule has 0 aliphatic heterocycles. The van der Waals surface area contributed by atoms with E-state index in [1.165, 1.54) is 5.56 Å². The summed E-state index contributed by atoms with van der Waals surface area (Å²) in [6.45, 7) is 2.66. The fourth-order valence-electron chi connectivity index (χ4n) is 1.74. The second-order valence-corrected chi connectivity index (χ2v) is 3.79. The van der Waals surface area contributed by atoms with E-state index >= 15 is 0 Å². The molecule has 1 aromatic heterocycles. The summed E-state index contributed by atoms with van der Waals surface area (Å²) in [6.07, 6.45) is 1.34. The van der Waals surface area contributed by atoms with Gasteiger partial charge in [-0.1, -0.05) is 30.3 Å². The molecule has 0 spiro atoms. The summed E-state index contributed by atoms with van der Waals surface area (Å²) >= 11 is 0. The molecule has 0 radical (unpaired) electrons. The van der Waals surface area contributed by atoms with E-state index in [2.05, 4.69) is 17.2 Å². The van der Waals surface area contributed by atoms with Gasteiger partial charge in [0.15, 0.2) is 0 Å². The summed E-state index contributed by atoms with van der Waals surface area (Å²) in [5.74, 6) is 0. The topological polar surface area (TPSA) is 34.9 Å². The number of nitrogens with zero attached hydrogens (tertiary/aromatic N) is 2. The van der Waals surface area contributed by atoms with Gasteiger partial charge >= 0.3 is 0 Å². The van der Waals surface area contributed by atoms with Crippen molar-refractivity contribution in [2.24, 2.45) is 0 Å². The summed E-state index contributed by atoms with van der Waals surface area (Å²) in [5, 5.41) is 4.38. The van der Waals surface area contributed by atoms with Crippen LogP contribution < -0.4 is 0 Å². The van der Waals surface area contributed by atoms with Gasteiger partial charge in [0, 0.05) is 12.1 Å². The summed E-state index contributed by atoms with van der Waals surface area (Å²) in [5.41, 5.74) is 3.11. The normalized spacial score (nSPS) is 10.3. The number of carbonyl (C=O) groups excluding carboxylic acids is 1. The first kappa shape index (κ1) is 10.6. The number of aryl methyl sites for hydroxylation is 1. The third kappa shape index (κ3) is 2.37. The van der Waals surface area contributed by atoms with Crippen LogP contribution in [-0.2, 0) is 17.8 Å². The summed E-state index contributed by atoms with van der Waals surface area (Å²) in [6, 6.07) is 12.1. The van der Waals surface area contributed by atoms with Crippen molar-refractivity contribution in [1.82, 2.24) is 9.78 Å². The second-order valence-electron chi connectivity index (χ2n) is 3.79. The van der Waals surface area contributed by atoms with Gasteiger partial charge < -0.3 is 4.79 Å². The lowest BCUT2D eigenvalue weighted by molar-refractivity contribution is -0.107. The van der Waals surface area contributed by atoms with Gasteiger partial charge in [0.2, 0.25) is 0 Å². The molecule has 0 amide bonds. The molecule has 3 heteroatoms. The Labute approximate surface area is 94.7 Å². The molecule has 1 heterocycles. The second kappa shape index (κ2) is 4.75. The standard InChI is InChI=1S/C13H14N2O/c1-11-9-13(7-8-16)15(14-11)10-12-5-3-2-4-6-12/h2-6,8-9H,7,10H2,1H3. The summed E-state index contributed by atoms with van der Waals surface area (Å²) < 4.78 is 1.89. The Hall–Kier alpha value is -1.90. The quantitative estimate of drug-likeness (QED) is 0.729. The zero-order chi connectivity index (χ0) is 11.4. The number of carbonyl (C=O) groups is 1. The first-order valence-corrected chi connectivity index (χ1v) is 5.30. The van der Waals surface area contributed by atoms with Crippen molar-refractivity contribution in [3.8, 4) is 0 Å². The lowest BCUT2D eigenvalue weighted by Crippen LogP contribution is -2.06. The van der Waals surface area contributed by atoms with Gasteiger partial charge in [0.1, 0.15) is 6.29 Å². The fraction of sp³-hybridized carbons (Fsp3) is 0.231. The predicted octanol–water partition coefficient (Wildman–Crippen LogP) is 1.98. The van der Waals surface area contributed by atoms with E-state index in [9.17, 15) is 4.79 Å². The van der Waals surface area contributed by atoms with Crippen LogP contribution in [0.15, 0.2) is 36.4 Å².